The number of alkyl halides is 2. The Kier molecular flexibility index (Phi) is 8.69. The molecule has 3 heterocycles. The summed E-state index contributed by atoms with van der Waals surface area (Å²) in [6.07, 6.45) is 4.12. The molecule has 1 amide bonds. The maximum Gasteiger partial charge on any atom is 0.273 e. The fourth-order valence-corrected chi connectivity index (χ4v) is 6.92. The second-order valence-corrected chi connectivity index (χ2v) is 12.8. The molecule has 1 fully saturated rings. The second kappa shape index (κ2) is 12.9. The zero-order valence-electron chi connectivity index (χ0n) is 24.9. The van der Waals surface area contributed by atoms with Gasteiger partial charge in [-0.25, -0.2) is 37.1 Å². The van der Waals surface area contributed by atoms with Crippen LogP contribution in [0.25, 0.3) is 22.3 Å². The zero-order valence-corrected chi connectivity index (χ0v) is 25.7. The number of halogens is 2. The van der Waals surface area contributed by atoms with E-state index in [1.165, 1.54) is 41.8 Å². The highest BCUT2D eigenvalue weighted by Gasteiger charge is 2.40. The van der Waals surface area contributed by atoms with Gasteiger partial charge in [-0.2, -0.15) is 4.31 Å². The van der Waals surface area contributed by atoms with E-state index in [4.69, 9.17) is 0 Å². The van der Waals surface area contributed by atoms with Crippen molar-refractivity contribution in [1.29, 1.82) is 0 Å². The molecule has 5 aromatic rings. The molecule has 0 bridgehead atoms. The summed E-state index contributed by atoms with van der Waals surface area (Å²) in [5.74, 6) is -3.03. The highest BCUT2D eigenvalue weighted by Crippen LogP contribution is 2.31. The second-order valence-electron chi connectivity index (χ2n) is 10.9. The third-order valence-electron chi connectivity index (χ3n) is 8.03. The fourth-order valence-electron chi connectivity index (χ4n) is 5.35. The molecule has 10 nitrogen and oxygen atoms in total. The Morgan fingerprint density at radius 2 is 1.65 bits per heavy atom. The molecule has 0 radical (unpaired) electrons. The Morgan fingerprint density at radius 1 is 0.935 bits per heavy atom. The number of sulfonamides is 1. The van der Waals surface area contributed by atoms with Crippen LogP contribution in [0.5, 0.6) is 0 Å². The fraction of sp³-hybridized carbons (Fsp3) is 0.242. The van der Waals surface area contributed by atoms with Gasteiger partial charge in [0.2, 0.25) is 15.9 Å². The number of benzene rings is 3. The predicted molar refractivity (Wildman–Crippen MR) is 169 cm³/mol. The quantitative estimate of drug-likeness (QED) is 0.244. The number of hydrogen-bond donors (Lipinski definition) is 1. The van der Waals surface area contributed by atoms with Crippen molar-refractivity contribution in [2.45, 2.75) is 36.7 Å². The molecule has 0 saturated carbocycles. The van der Waals surface area contributed by atoms with Gasteiger partial charge in [0.15, 0.2) is 5.65 Å². The van der Waals surface area contributed by atoms with Gasteiger partial charge in [0, 0.05) is 38.2 Å². The van der Waals surface area contributed by atoms with Crippen molar-refractivity contribution in [3.8, 4) is 11.1 Å². The van der Waals surface area contributed by atoms with E-state index < -0.39 is 27.9 Å². The third-order valence-corrected chi connectivity index (χ3v) is 9.95. The largest absolute Gasteiger partial charge is 0.352 e. The minimum Gasteiger partial charge on any atom is -0.352 e. The highest BCUT2D eigenvalue weighted by atomic mass is 32.2. The van der Waals surface area contributed by atoms with Gasteiger partial charge in [0.25, 0.3) is 5.92 Å². The Bertz CT molecular complexity index is 1940. The lowest BCUT2D eigenvalue weighted by Crippen LogP contribution is -2.60. The van der Waals surface area contributed by atoms with E-state index in [2.05, 4.69) is 25.3 Å². The lowest BCUT2D eigenvalue weighted by Gasteiger charge is -2.40. The van der Waals surface area contributed by atoms with Crippen molar-refractivity contribution in [2.75, 3.05) is 24.5 Å². The van der Waals surface area contributed by atoms with E-state index in [0.717, 1.165) is 11.1 Å². The molecule has 0 unspecified atom stereocenters. The molecule has 3 aromatic carbocycles. The molecule has 0 aliphatic carbocycles. The number of carbonyl (C=O) groups excluding carboxylic acids is 1. The Hall–Kier alpha value is -4.88. The van der Waals surface area contributed by atoms with Gasteiger partial charge in [-0.3, -0.25) is 4.79 Å². The number of hydrogen-bond acceptors (Lipinski definition) is 8. The number of anilines is 1. The van der Waals surface area contributed by atoms with Crippen LogP contribution in [0.3, 0.4) is 0 Å². The molecule has 1 atom stereocenters. The van der Waals surface area contributed by atoms with Crippen LogP contribution in [0.1, 0.15) is 24.5 Å². The summed E-state index contributed by atoms with van der Waals surface area (Å²) < 4.78 is 57.4. The molecular weight excluding hydrogens is 612 g/mol. The summed E-state index contributed by atoms with van der Waals surface area (Å²) in [6, 6.07) is 20.8. The molecule has 1 aliphatic rings. The Morgan fingerprint density at radius 3 is 2.37 bits per heavy atom. The minimum absolute atomic E-state index is 0.0000921. The molecule has 1 saturated heterocycles. The number of piperazine rings is 1. The average Bonchev–Trinajstić information content (AvgIpc) is 3.10. The molecule has 1 aliphatic heterocycles. The van der Waals surface area contributed by atoms with Crippen LogP contribution in [0.4, 0.5) is 14.6 Å². The number of rotatable bonds is 9. The SMILES string of the molecule is CCC(F)(F)c1ccc(CNC(=O)[C@H]2CN(c3cnc4cncnc4n3)CCN2S(=O)(=O)c2ccc(-c3ccccc3)cc2)cc1. The van der Waals surface area contributed by atoms with Crippen molar-refractivity contribution in [3.05, 3.63) is 109 Å². The van der Waals surface area contributed by atoms with Gasteiger partial charge in [-0.1, -0.05) is 73.7 Å². The van der Waals surface area contributed by atoms with Gasteiger partial charge >= 0.3 is 0 Å². The van der Waals surface area contributed by atoms with E-state index in [9.17, 15) is 22.0 Å². The molecule has 0 spiro atoms. The predicted octanol–water partition coefficient (Wildman–Crippen LogP) is 4.78. The summed E-state index contributed by atoms with van der Waals surface area (Å²) in [7, 11) is -4.10. The molecule has 236 valence electrons. The van der Waals surface area contributed by atoms with Crippen LogP contribution < -0.4 is 10.2 Å². The van der Waals surface area contributed by atoms with Crippen molar-refractivity contribution in [3.63, 3.8) is 0 Å². The molecule has 46 heavy (non-hydrogen) atoms. The first kappa shape index (κ1) is 31.1. The van der Waals surface area contributed by atoms with Gasteiger partial charge < -0.3 is 10.2 Å². The monoisotopic (exact) mass is 643 g/mol. The smallest absolute Gasteiger partial charge is 0.273 e. The summed E-state index contributed by atoms with van der Waals surface area (Å²) in [6.45, 7) is 1.70. The summed E-state index contributed by atoms with van der Waals surface area (Å²) in [5.41, 5.74) is 3.18. The van der Waals surface area contributed by atoms with E-state index in [-0.39, 0.29) is 43.1 Å². The first-order chi connectivity index (χ1) is 22.2. The maximum absolute atomic E-state index is 14.1. The summed E-state index contributed by atoms with van der Waals surface area (Å²) >= 11 is 0. The van der Waals surface area contributed by atoms with Gasteiger partial charge in [0.1, 0.15) is 23.7 Å². The zero-order chi connectivity index (χ0) is 32.3. The van der Waals surface area contributed by atoms with Gasteiger partial charge in [-0.05, 0) is 28.8 Å². The van der Waals surface area contributed by atoms with Crippen molar-refractivity contribution in [2.24, 2.45) is 0 Å². The van der Waals surface area contributed by atoms with Crippen LogP contribution in [0.15, 0.2) is 102 Å². The first-order valence-corrected chi connectivity index (χ1v) is 16.2. The topological polar surface area (TPSA) is 121 Å². The molecule has 2 aromatic heterocycles. The average molecular weight is 644 g/mol. The van der Waals surface area contributed by atoms with Crippen molar-refractivity contribution >= 4 is 32.9 Å². The van der Waals surface area contributed by atoms with Crippen LogP contribution in [0.2, 0.25) is 0 Å². The number of amides is 1. The van der Waals surface area contributed by atoms with E-state index in [1.54, 1.807) is 41.6 Å². The van der Waals surface area contributed by atoms with Crippen molar-refractivity contribution in [1.82, 2.24) is 29.6 Å². The number of nitrogens with one attached hydrogen (secondary N) is 1. The number of carbonyl (C=O) groups is 1. The summed E-state index contributed by atoms with van der Waals surface area (Å²) in [5, 5.41) is 2.81. The van der Waals surface area contributed by atoms with Gasteiger partial charge in [-0.15, -0.1) is 0 Å². The molecular formula is C33H31F2N7O3S. The standard InChI is InChI=1S/C33H31F2N7O3S/c1-2-33(34,35)26-12-8-23(9-13-26)18-38-32(43)29-21-41(30-20-37-28-19-36-22-39-31(28)40-30)16-17-42(29)46(44,45)27-14-10-25(11-15-27)24-6-4-3-5-7-24/h3-15,19-20,22,29H,2,16-18,21H2,1H3,(H,38,43)/t29-/m1/s1. The van der Waals surface area contributed by atoms with Crippen molar-refractivity contribution < 1.29 is 22.0 Å². The van der Waals surface area contributed by atoms with E-state index in [1.807, 2.05) is 30.3 Å². The van der Waals surface area contributed by atoms with Crippen LogP contribution in [-0.4, -0.2) is 64.2 Å². The molecule has 13 heteroatoms. The lowest BCUT2D eigenvalue weighted by atomic mass is 10.0. The molecule has 6 rings (SSSR count). The normalized spacial score (nSPS) is 16.0. The number of fused-ring (bicyclic) bond motifs is 1. The maximum atomic E-state index is 14.1. The first-order valence-electron chi connectivity index (χ1n) is 14.8. The minimum atomic E-state index is -4.10. The van der Waals surface area contributed by atoms with Crippen LogP contribution in [0, 0.1) is 0 Å². The Balaban J connectivity index is 1.26. The molecule has 1 N–H and O–H groups in total. The van der Waals surface area contributed by atoms with E-state index >= 15 is 0 Å². The number of aromatic nitrogens is 4. The number of nitrogens with zero attached hydrogens (tertiary/aromatic N) is 6. The van der Waals surface area contributed by atoms with Gasteiger partial charge in [0.05, 0.1) is 17.3 Å². The lowest BCUT2D eigenvalue weighted by molar-refractivity contribution is -0.125. The highest BCUT2D eigenvalue weighted by molar-refractivity contribution is 7.89. The van der Waals surface area contributed by atoms with E-state index in [0.29, 0.717) is 22.5 Å². The summed E-state index contributed by atoms with van der Waals surface area (Å²) in [4.78, 5) is 32.6. The Labute approximate surface area is 265 Å². The van der Waals surface area contributed by atoms with Crippen LogP contribution >= 0.6 is 0 Å². The van der Waals surface area contributed by atoms with Crippen LogP contribution in [-0.2, 0) is 27.3 Å². The third kappa shape index (κ3) is 6.42.